The number of hydrogen-bond acceptors (Lipinski definition) is 5. The molecule has 6 heteroatoms. The number of hydrogen-bond donors (Lipinski definition) is 0. The van der Waals surface area contributed by atoms with Crippen molar-refractivity contribution in [2.24, 2.45) is 0 Å². The van der Waals surface area contributed by atoms with Crippen molar-refractivity contribution in [2.75, 3.05) is 6.61 Å². The lowest BCUT2D eigenvalue weighted by molar-refractivity contribution is -0.137. The molecule has 0 aliphatic heterocycles. The van der Waals surface area contributed by atoms with Crippen LogP contribution in [0.15, 0.2) is 36.9 Å². The largest absolute Gasteiger partial charge is 0.463 e. The molecule has 0 saturated carbocycles. The summed E-state index contributed by atoms with van der Waals surface area (Å²) in [6.07, 6.45) is 8.20. The molecule has 0 fully saturated rings. The van der Waals surface area contributed by atoms with E-state index in [-0.39, 0.29) is 5.97 Å². The molecule has 19 heavy (non-hydrogen) atoms. The normalized spacial score (nSPS) is 10.8. The van der Waals surface area contributed by atoms with E-state index >= 15 is 0 Å². The summed E-state index contributed by atoms with van der Waals surface area (Å²) >= 11 is 0. The number of rotatable bonds is 5. The predicted octanol–water partition coefficient (Wildman–Crippen LogP) is 1.30. The fourth-order valence-corrected chi connectivity index (χ4v) is 1.45. The van der Waals surface area contributed by atoms with Crippen LogP contribution in [0.3, 0.4) is 0 Å². The highest BCUT2D eigenvalue weighted by Crippen LogP contribution is 2.01. The van der Waals surface area contributed by atoms with Crippen LogP contribution in [0, 0.1) is 0 Å². The van der Waals surface area contributed by atoms with Gasteiger partial charge in [-0.2, -0.15) is 10.2 Å². The third kappa shape index (κ3) is 4.02. The van der Waals surface area contributed by atoms with Crippen LogP contribution in [0.2, 0.25) is 0 Å². The maximum absolute atomic E-state index is 11.1. The van der Waals surface area contributed by atoms with E-state index < -0.39 is 0 Å². The smallest absolute Gasteiger partial charge is 0.330 e. The highest BCUT2D eigenvalue weighted by atomic mass is 16.5. The summed E-state index contributed by atoms with van der Waals surface area (Å²) in [4.78, 5) is 15.1. The Labute approximate surface area is 110 Å². The minimum atomic E-state index is -0.383. The van der Waals surface area contributed by atoms with Crippen LogP contribution in [-0.2, 0) is 16.1 Å². The van der Waals surface area contributed by atoms with Crippen molar-refractivity contribution >= 4 is 12.0 Å². The second-order valence-electron chi connectivity index (χ2n) is 3.77. The van der Waals surface area contributed by atoms with E-state index in [1.807, 2.05) is 16.8 Å². The molecule has 0 aliphatic carbocycles. The summed E-state index contributed by atoms with van der Waals surface area (Å²) in [5.74, 6) is -0.383. The minimum absolute atomic E-state index is 0.360. The van der Waals surface area contributed by atoms with Gasteiger partial charge in [-0.15, -0.1) is 0 Å². The van der Waals surface area contributed by atoms with Gasteiger partial charge in [0.15, 0.2) is 0 Å². The van der Waals surface area contributed by atoms with Gasteiger partial charge < -0.3 is 9.30 Å². The minimum Gasteiger partial charge on any atom is -0.463 e. The first-order chi connectivity index (χ1) is 9.28. The van der Waals surface area contributed by atoms with Gasteiger partial charge in [-0.3, -0.25) is 0 Å². The van der Waals surface area contributed by atoms with Crippen LogP contribution in [0.25, 0.3) is 6.08 Å². The number of nitrogens with zero attached hydrogens (tertiary/aromatic N) is 4. The molecule has 0 amide bonds. The zero-order valence-corrected chi connectivity index (χ0v) is 10.6. The molecule has 2 rings (SSSR count). The summed E-state index contributed by atoms with van der Waals surface area (Å²) in [6, 6.07) is 3.66. The van der Waals surface area contributed by atoms with Crippen LogP contribution in [-0.4, -0.2) is 32.3 Å². The van der Waals surface area contributed by atoms with E-state index in [0.29, 0.717) is 18.8 Å². The average Bonchev–Trinajstić information content (AvgIpc) is 2.91. The van der Waals surface area contributed by atoms with E-state index in [4.69, 9.17) is 4.74 Å². The van der Waals surface area contributed by atoms with Gasteiger partial charge in [0.1, 0.15) is 0 Å². The molecule has 98 valence electrons. The quantitative estimate of drug-likeness (QED) is 0.597. The Morgan fingerprint density at radius 3 is 2.95 bits per heavy atom. The van der Waals surface area contributed by atoms with Gasteiger partial charge >= 0.3 is 5.97 Å². The predicted molar refractivity (Wildman–Crippen MR) is 69.0 cm³/mol. The Kier molecular flexibility index (Phi) is 4.39. The number of imidazole rings is 1. The SMILES string of the molecule is CCOC(=O)/C=C/c1ccc(Cn2ccnc2)nn1. The van der Waals surface area contributed by atoms with Gasteiger partial charge in [0.25, 0.3) is 0 Å². The third-order valence-electron chi connectivity index (χ3n) is 2.32. The Balaban J connectivity index is 1.96. The van der Waals surface area contributed by atoms with Gasteiger partial charge in [0.05, 0.1) is 30.9 Å². The molecule has 0 bridgehead atoms. The summed E-state index contributed by atoms with van der Waals surface area (Å²) < 4.78 is 6.67. The Morgan fingerprint density at radius 2 is 2.32 bits per heavy atom. The first-order valence-electron chi connectivity index (χ1n) is 5.91. The molecule has 2 aromatic rings. The maximum Gasteiger partial charge on any atom is 0.330 e. The maximum atomic E-state index is 11.1. The van der Waals surface area contributed by atoms with Crippen LogP contribution in [0.4, 0.5) is 0 Å². The lowest BCUT2D eigenvalue weighted by Gasteiger charge is -2.00. The number of carbonyl (C=O) groups is 1. The van der Waals surface area contributed by atoms with Gasteiger partial charge in [-0.05, 0) is 25.1 Å². The molecule has 0 radical (unpaired) electrons. The summed E-state index contributed by atoms with van der Waals surface area (Å²) in [7, 11) is 0. The molecular weight excluding hydrogens is 244 g/mol. The van der Waals surface area contributed by atoms with E-state index in [0.717, 1.165) is 5.69 Å². The van der Waals surface area contributed by atoms with Crippen molar-refractivity contribution in [3.05, 3.63) is 48.3 Å². The topological polar surface area (TPSA) is 69.9 Å². The molecule has 0 aliphatic rings. The van der Waals surface area contributed by atoms with Crippen molar-refractivity contribution in [2.45, 2.75) is 13.5 Å². The first-order valence-corrected chi connectivity index (χ1v) is 5.91. The van der Waals surface area contributed by atoms with Crippen LogP contribution >= 0.6 is 0 Å². The van der Waals surface area contributed by atoms with E-state index in [2.05, 4.69) is 15.2 Å². The molecule has 0 N–H and O–H groups in total. The van der Waals surface area contributed by atoms with E-state index in [1.165, 1.54) is 6.08 Å². The van der Waals surface area contributed by atoms with Crippen LogP contribution in [0.1, 0.15) is 18.3 Å². The summed E-state index contributed by atoms with van der Waals surface area (Å²) in [5, 5.41) is 8.09. The van der Waals surface area contributed by atoms with Crippen molar-refractivity contribution in [3.8, 4) is 0 Å². The van der Waals surface area contributed by atoms with Gasteiger partial charge in [0.2, 0.25) is 0 Å². The lowest BCUT2D eigenvalue weighted by Crippen LogP contribution is -2.01. The number of aromatic nitrogens is 4. The monoisotopic (exact) mass is 258 g/mol. The molecular formula is C13H14N4O2. The second kappa shape index (κ2) is 6.44. The molecule has 0 saturated heterocycles. The van der Waals surface area contributed by atoms with Crippen molar-refractivity contribution in [3.63, 3.8) is 0 Å². The zero-order valence-electron chi connectivity index (χ0n) is 10.6. The number of esters is 1. The molecule has 2 aromatic heterocycles. The fourth-order valence-electron chi connectivity index (χ4n) is 1.45. The molecule has 2 heterocycles. The van der Waals surface area contributed by atoms with Gasteiger partial charge in [0, 0.05) is 18.5 Å². The van der Waals surface area contributed by atoms with Crippen molar-refractivity contribution in [1.29, 1.82) is 0 Å². The first kappa shape index (κ1) is 12.9. The zero-order chi connectivity index (χ0) is 13.5. The van der Waals surface area contributed by atoms with Crippen LogP contribution < -0.4 is 0 Å². The average molecular weight is 258 g/mol. The van der Waals surface area contributed by atoms with Crippen LogP contribution in [0.5, 0.6) is 0 Å². The van der Waals surface area contributed by atoms with E-state index in [9.17, 15) is 4.79 Å². The molecule has 0 atom stereocenters. The number of ether oxygens (including phenoxy) is 1. The number of carbonyl (C=O) groups excluding carboxylic acids is 1. The second-order valence-corrected chi connectivity index (χ2v) is 3.77. The highest BCUT2D eigenvalue weighted by Gasteiger charge is 1.98. The summed E-state index contributed by atoms with van der Waals surface area (Å²) in [5.41, 5.74) is 1.44. The van der Waals surface area contributed by atoms with Gasteiger partial charge in [-0.1, -0.05) is 0 Å². The fraction of sp³-hybridized carbons (Fsp3) is 0.231. The lowest BCUT2D eigenvalue weighted by atomic mass is 10.3. The van der Waals surface area contributed by atoms with Gasteiger partial charge in [-0.25, -0.2) is 9.78 Å². The molecule has 0 unspecified atom stereocenters. The Bertz CT molecular complexity index is 547. The molecule has 0 spiro atoms. The van der Waals surface area contributed by atoms with E-state index in [1.54, 1.807) is 31.6 Å². The van der Waals surface area contributed by atoms with Crippen molar-refractivity contribution < 1.29 is 9.53 Å². The highest BCUT2D eigenvalue weighted by molar-refractivity contribution is 5.86. The summed E-state index contributed by atoms with van der Waals surface area (Å²) in [6.45, 7) is 2.74. The molecule has 0 aromatic carbocycles. The third-order valence-corrected chi connectivity index (χ3v) is 2.32. The van der Waals surface area contributed by atoms with Crippen molar-refractivity contribution in [1.82, 2.24) is 19.7 Å². The Hall–Kier alpha value is -2.50. The Morgan fingerprint density at radius 1 is 1.42 bits per heavy atom. The standard InChI is InChI=1S/C13H14N4O2/c1-2-19-13(18)6-5-11-3-4-12(16-15-11)9-17-8-7-14-10-17/h3-8,10H,2,9H2,1H3/b6-5+. The molecule has 6 nitrogen and oxygen atoms in total.